The fourth-order valence-corrected chi connectivity index (χ4v) is 2.68. The summed E-state index contributed by atoms with van der Waals surface area (Å²) < 4.78 is 16.8. The van der Waals surface area contributed by atoms with Crippen LogP contribution in [0.1, 0.15) is 63.9 Å². The highest BCUT2D eigenvalue weighted by molar-refractivity contribution is 5.53. The Balaban J connectivity index is 2.49. The van der Waals surface area contributed by atoms with E-state index in [2.05, 4.69) is 13.8 Å². The van der Waals surface area contributed by atoms with Crippen LogP contribution in [-0.2, 0) is 6.42 Å². The van der Waals surface area contributed by atoms with Crippen molar-refractivity contribution in [2.24, 2.45) is 0 Å². The van der Waals surface area contributed by atoms with Gasteiger partial charge in [-0.2, -0.15) is 0 Å². The van der Waals surface area contributed by atoms with Crippen LogP contribution in [-0.4, -0.2) is 20.8 Å². The number of hydrogen-bond donors (Lipinski definition) is 0. The minimum Gasteiger partial charge on any atom is -0.493 e. The molecule has 131 valence electrons. The van der Waals surface area contributed by atoms with Crippen molar-refractivity contribution in [1.29, 1.82) is 0 Å². The lowest BCUT2D eigenvalue weighted by molar-refractivity contribution is 0.275. The Hall–Kier alpha value is -1.38. The summed E-state index contributed by atoms with van der Waals surface area (Å²) in [6.45, 7) is 6.88. The second-order valence-corrected chi connectivity index (χ2v) is 5.90. The van der Waals surface area contributed by atoms with Crippen molar-refractivity contribution in [3.63, 3.8) is 0 Å². The number of unbranched alkanes of at least 4 members (excludes halogenated alkanes) is 6. The third kappa shape index (κ3) is 7.15. The summed E-state index contributed by atoms with van der Waals surface area (Å²) in [7, 11) is 3.31. The maximum absolute atomic E-state index is 5.96. The first-order valence-electron chi connectivity index (χ1n) is 8.93. The Kier molecular flexibility index (Phi) is 10.3. The molecule has 0 bridgehead atoms. The van der Waals surface area contributed by atoms with Crippen molar-refractivity contribution in [2.75, 3.05) is 20.8 Å². The van der Waals surface area contributed by atoms with E-state index in [1.807, 2.05) is 12.1 Å². The molecule has 0 aliphatic heterocycles. The van der Waals surface area contributed by atoms with Gasteiger partial charge in [-0.1, -0.05) is 52.4 Å². The third-order valence-corrected chi connectivity index (χ3v) is 3.98. The molecule has 0 heterocycles. The van der Waals surface area contributed by atoms with Crippen LogP contribution >= 0.6 is 0 Å². The minimum atomic E-state index is 0.684. The molecule has 0 amide bonds. The molecule has 1 radical (unpaired) electrons. The molecule has 0 aromatic heterocycles. The monoisotopic (exact) mass is 321 g/mol. The first kappa shape index (κ1) is 19.7. The molecular formula is C20H33O3. The Morgan fingerprint density at radius 2 is 1.52 bits per heavy atom. The van der Waals surface area contributed by atoms with Crippen molar-refractivity contribution in [2.45, 2.75) is 64.7 Å². The second-order valence-electron chi connectivity index (χ2n) is 5.90. The molecule has 0 N–H and O–H groups in total. The highest BCUT2D eigenvalue weighted by Gasteiger charge is 2.13. The van der Waals surface area contributed by atoms with Crippen LogP contribution in [0.2, 0.25) is 0 Å². The molecule has 0 spiro atoms. The summed E-state index contributed by atoms with van der Waals surface area (Å²) in [5.41, 5.74) is 1.17. The largest absolute Gasteiger partial charge is 0.493 e. The summed E-state index contributed by atoms with van der Waals surface area (Å²) in [5.74, 6) is 2.19. The lowest BCUT2D eigenvalue weighted by Gasteiger charge is -2.15. The van der Waals surface area contributed by atoms with Gasteiger partial charge in [0, 0.05) is 0 Å². The average molecular weight is 321 g/mol. The predicted molar refractivity (Wildman–Crippen MR) is 96.7 cm³/mol. The fraction of sp³-hybridized carbons (Fsp3) is 0.650. The summed E-state index contributed by atoms with van der Waals surface area (Å²) in [4.78, 5) is 0. The van der Waals surface area contributed by atoms with Gasteiger partial charge in [0.25, 0.3) is 0 Å². The Labute approximate surface area is 142 Å². The zero-order chi connectivity index (χ0) is 16.9. The summed E-state index contributed by atoms with van der Waals surface area (Å²) in [6, 6.07) is 4.05. The number of aryl methyl sites for hydroxylation is 1. The van der Waals surface area contributed by atoms with Gasteiger partial charge in [-0.05, 0) is 37.0 Å². The lowest BCUT2D eigenvalue weighted by atomic mass is 10.1. The van der Waals surface area contributed by atoms with Gasteiger partial charge in [-0.25, -0.2) is 0 Å². The minimum absolute atomic E-state index is 0.684. The molecule has 0 saturated carbocycles. The number of benzene rings is 1. The van der Waals surface area contributed by atoms with Crippen LogP contribution in [0.25, 0.3) is 0 Å². The lowest BCUT2D eigenvalue weighted by Crippen LogP contribution is -2.02. The standard InChI is InChI=1S/C20H33O3/c1-5-7-8-9-10-11-12-14-23-19-16-17(13-6-2)15-18(21-3)20(19)22-4/h15-16H,2,5-14H2,1,3-4H3. The van der Waals surface area contributed by atoms with Gasteiger partial charge in [-0.3, -0.25) is 0 Å². The number of rotatable bonds is 13. The second kappa shape index (κ2) is 12.1. The van der Waals surface area contributed by atoms with E-state index < -0.39 is 0 Å². The van der Waals surface area contributed by atoms with E-state index in [1.165, 1.54) is 44.1 Å². The number of ether oxygens (including phenoxy) is 3. The SMILES string of the molecule is [CH2]CCc1cc(OC)c(OC)c(OCCCCCCCCC)c1. The quantitative estimate of drug-likeness (QED) is 0.443. The molecule has 3 heteroatoms. The summed E-state index contributed by atoms with van der Waals surface area (Å²) in [5, 5.41) is 0. The highest BCUT2D eigenvalue weighted by Crippen LogP contribution is 2.38. The van der Waals surface area contributed by atoms with Crippen LogP contribution in [0.4, 0.5) is 0 Å². The molecule has 0 unspecified atom stereocenters. The molecule has 0 saturated heterocycles. The van der Waals surface area contributed by atoms with Crippen LogP contribution in [0.15, 0.2) is 12.1 Å². The normalized spacial score (nSPS) is 10.6. The van der Waals surface area contributed by atoms with Gasteiger partial charge in [0.15, 0.2) is 11.5 Å². The molecule has 0 atom stereocenters. The summed E-state index contributed by atoms with van der Waals surface area (Å²) in [6.07, 6.45) is 10.7. The fourth-order valence-electron chi connectivity index (χ4n) is 2.68. The van der Waals surface area contributed by atoms with E-state index in [-0.39, 0.29) is 0 Å². The van der Waals surface area contributed by atoms with Crippen LogP contribution < -0.4 is 14.2 Å². The summed E-state index contributed by atoms with van der Waals surface area (Å²) >= 11 is 0. The molecule has 0 aliphatic rings. The number of hydrogen-bond acceptors (Lipinski definition) is 3. The van der Waals surface area contributed by atoms with E-state index in [0.29, 0.717) is 5.75 Å². The maximum Gasteiger partial charge on any atom is 0.203 e. The van der Waals surface area contributed by atoms with Crippen molar-refractivity contribution in [3.05, 3.63) is 24.6 Å². The van der Waals surface area contributed by atoms with E-state index in [0.717, 1.165) is 37.4 Å². The van der Waals surface area contributed by atoms with E-state index in [1.54, 1.807) is 14.2 Å². The number of methoxy groups -OCH3 is 2. The van der Waals surface area contributed by atoms with Crippen molar-refractivity contribution < 1.29 is 14.2 Å². The Bertz CT molecular complexity index is 429. The van der Waals surface area contributed by atoms with Crippen LogP contribution in [0.3, 0.4) is 0 Å². The molecule has 23 heavy (non-hydrogen) atoms. The average Bonchev–Trinajstić information content (AvgIpc) is 2.57. The molecular weight excluding hydrogens is 288 g/mol. The Morgan fingerprint density at radius 1 is 0.870 bits per heavy atom. The van der Waals surface area contributed by atoms with Gasteiger partial charge < -0.3 is 14.2 Å². The van der Waals surface area contributed by atoms with Crippen molar-refractivity contribution in [3.8, 4) is 17.2 Å². The molecule has 1 rings (SSSR count). The smallest absolute Gasteiger partial charge is 0.203 e. The Morgan fingerprint density at radius 3 is 2.13 bits per heavy atom. The molecule has 1 aromatic rings. The molecule has 1 aromatic carbocycles. The molecule has 0 fully saturated rings. The van der Waals surface area contributed by atoms with E-state index in [9.17, 15) is 0 Å². The van der Waals surface area contributed by atoms with Crippen LogP contribution in [0.5, 0.6) is 17.2 Å². The van der Waals surface area contributed by atoms with Gasteiger partial charge >= 0.3 is 0 Å². The van der Waals surface area contributed by atoms with E-state index in [4.69, 9.17) is 14.2 Å². The predicted octanol–water partition coefficient (Wildman–Crippen LogP) is 5.60. The zero-order valence-corrected chi connectivity index (χ0v) is 15.2. The highest BCUT2D eigenvalue weighted by atomic mass is 16.5. The third-order valence-electron chi connectivity index (χ3n) is 3.98. The van der Waals surface area contributed by atoms with E-state index >= 15 is 0 Å². The molecule has 0 aliphatic carbocycles. The topological polar surface area (TPSA) is 27.7 Å². The van der Waals surface area contributed by atoms with Crippen molar-refractivity contribution in [1.82, 2.24) is 0 Å². The van der Waals surface area contributed by atoms with Gasteiger partial charge in [0.1, 0.15) is 0 Å². The van der Waals surface area contributed by atoms with Gasteiger partial charge in [0.2, 0.25) is 5.75 Å². The van der Waals surface area contributed by atoms with Gasteiger partial charge in [-0.15, -0.1) is 0 Å². The molecule has 3 nitrogen and oxygen atoms in total. The first-order chi connectivity index (χ1) is 11.3. The maximum atomic E-state index is 5.96. The zero-order valence-electron chi connectivity index (χ0n) is 15.2. The van der Waals surface area contributed by atoms with Crippen LogP contribution in [0, 0.1) is 6.92 Å². The van der Waals surface area contributed by atoms with Gasteiger partial charge in [0.05, 0.1) is 20.8 Å². The first-order valence-corrected chi connectivity index (χ1v) is 8.93. The van der Waals surface area contributed by atoms with Crippen molar-refractivity contribution >= 4 is 0 Å².